The van der Waals surface area contributed by atoms with Crippen LogP contribution >= 0.6 is 23.2 Å². The molecule has 0 aliphatic carbocycles. The lowest BCUT2D eigenvalue weighted by atomic mass is 10.2. The van der Waals surface area contributed by atoms with Crippen molar-refractivity contribution in [3.05, 3.63) is 70.6 Å². The van der Waals surface area contributed by atoms with E-state index in [0.29, 0.717) is 16.6 Å². The maximum atomic E-state index is 6.20. The highest BCUT2D eigenvalue weighted by Gasteiger charge is 2.07. The maximum absolute atomic E-state index is 6.20. The molecule has 0 aliphatic heterocycles. The Labute approximate surface area is 132 Å². The minimum absolute atomic E-state index is 0.605. The maximum Gasteiger partial charge on any atom is 0.125 e. The Hall–Kier alpha value is -1.97. The average Bonchev–Trinajstić information content (AvgIpc) is 2.95. The number of imidazole rings is 1. The predicted molar refractivity (Wildman–Crippen MR) is 87.8 cm³/mol. The largest absolute Gasteiger partial charge is 0.378 e. The number of hydrogen-bond acceptors (Lipinski definition) is 2. The van der Waals surface area contributed by atoms with Crippen molar-refractivity contribution < 1.29 is 0 Å². The van der Waals surface area contributed by atoms with Crippen LogP contribution in [0.25, 0.3) is 11.3 Å². The highest BCUT2D eigenvalue weighted by molar-refractivity contribution is 6.36. The fourth-order valence-electron chi connectivity index (χ4n) is 2.04. The number of hydrogen-bond donors (Lipinski definition) is 2. The van der Waals surface area contributed by atoms with Crippen molar-refractivity contribution in [3.8, 4) is 11.3 Å². The molecule has 3 nitrogen and oxygen atoms in total. The Kier molecular flexibility index (Phi) is 4.13. The van der Waals surface area contributed by atoms with Gasteiger partial charge in [0, 0.05) is 16.3 Å². The molecular weight excluding hydrogens is 305 g/mol. The number of aromatic nitrogens is 2. The van der Waals surface area contributed by atoms with Crippen molar-refractivity contribution >= 4 is 28.9 Å². The number of anilines is 1. The molecule has 0 aliphatic rings. The van der Waals surface area contributed by atoms with Crippen molar-refractivity contribution in [1.29, 1.82) is 0 Å². The number of benzene rings is 2. The topological polar surface area (TPSA) is 40.7 Å². The lowest BCUT2D eigenvalue weighted by Gasteiger charge is -2.04. The Morgan fingerprint density at radius 2 is 1.86 bits per heavy atom. The highest BCUT2D eigenvalue weighted by atomic mass is 35.5. The second-order valence-electron chi connectivity index (χ2n) is 4.59. The molecule has 3 aromatic rings. The number of nitrogens with zero attached hydrogens (tertiary/aromatic N) is 1. The van der Waals surface area contributed by atoms with Crippen LogP contribution in [-0.4, -0.2) is 9.97 Å². The molecule has 1 heterocycles. The third-order valence-corrected chi connectivity index (χ3v) is 3.63. The second kappa shape index (κ2) is 6.20. The van der Waals surface area contributed by atoms with E-state index in [1.165, 1.54) is 0 Å². The summed E-state index contributed by atoms with van der Waals surface area (Å²) in [6, 6.07) is 15.4. The molecule has 0 unspecified atom stereocenters. The molecule has 1 aromatic heterocycles. The Balaban J connectivity index is 1.74. The minimum atomic E-state index is 0.605. The van der Waals surface area contributed by atoms with E-state index in [1.54, 1.807) is 12.3 Å². The van der Waals surface area contributed by atoms with Crippen molar-refractivity contribution in [2.24, 2.45) is 0 Å². The Morgan fingerprint density at radius 3 is 2.62 bits per heavy atom. The first-order valence-electron chi connectivity index (χ1n) is 6.50. The van der Waals surface area contributed by atoms with Crippen molar-refractivity contribution in [3.63, 3.8) is 0 Å². The molecule has 0 saturated carbocycles. The van der Waals surface area contributed by atoms with Gasteiger partial charge in [0.1, 0.15) is 5.82 Å². The van der Waals surface area contributed by atoms with Crippen LogP contribution in [0.1, 0.15) is 5.82 Å². The van der Waals surface area contributed by atoms with E-state index in [1.807, 2.05) is 42.5 Å². The summed E-state index contributed by atoms with van der Waals surface area (Å²) in [5.41, 5.74) is 2.82. The molecular formula is C16H13Cl2N3. The SMILES string of the molecule is Clc1ccc(-c2cnc(CNc3ccccc3)[nH]2)c(Cl)c1. The number of aromatic amines is 1. The fourth-order valence-corrected chi connectivity index (χ4v) is 2.55. The molecule has 21 heavy (non-hydrogen) atoms. The first kappa shape index (κ1) is 14.0. The number of halogens is 2. The van der Waals surface area contributed by atoms with Crippen molar-refractivity contribution in [1.82, 2.24) is 9.97 Å². The molecule has 106 valence electrons. The van der Waals surface area contributed by atoms with E-state index < -0.39 is 0 Å². The summed E-state index contributed by atoms with van der Waals surface area (Å²) >= 11 is 12.1. The van der Waals surface area contributed by atoms with Crippen molar-refractivity contribution in [2.45, 2.75) is 6.54 Å². The van der Waals surface area contributed by atoms with E-state index in [2.05, 4.69) is 15.3 Å². The molecule has 3 rings (SSSR count). The smallest absolute Gasteiger partial charge is 0.125 e. The van der Waals surface area contributed by atoms with Gasteiger partial charge in [-0.3, -0.25) is 0 Å². The van der Waals surface area contributed by atoms with E-state index in [-0.39, 0.29) is 0 Å². The summed E-state index contributed by atoms with van der Waals surface area (Å²) in [6.45, 7) is 0.620. The zero-order valence-corrected chi connectivity index (χ0v) is 12.6. The molecule has 2 N–H and O–H groups in total. The van der Waals surface area contributed by atoms with Gasteiger partial charge in [-0.15, -0.1) is 0 Å². The van der Waals surface area contributed by atoms with Crippen LogP contribution in [0, 0.1) is 0 Å². The van der Waals surface area contributed by atoms with Gasteiger partial charge in [0.05, 0.1) is 23.5 Å². The minimum Gasteiger partial charge on any atom is -0.378 e. The molecule has 2 aromatic carbocycles. The second-order valence-corrected chi connectivity index (χ2v) is 5.43. The molecule has 0 spiro atoms. The van der Waals surface area contributed by atoms with E-state index in [9.17, 15) is 0 Å². The molecule has 0 fully saturated rings. The number of para-hydroxylation sites is 1. The van der Waals surface area contributed by atoms with Gasteiger partial charge in [0.2, 0.25) is 0 Å². The predicted octanol–water partition coefficient (Wildman–Crippen LogP) is 5.00. The Morgan fingerprint density at radius 1 is 1.05 bits per heavy atom. The van der Waals surface area contributed by atoms with Gasteiger partial charge in [-0.25, -0.2) is 4.98 Å². The van der Waals surface area contributed by atoms with Crippen LogP contribution in [0.5, 0.6) is 0 Å². The lowest BCUT2D eigenvalue weighted by molar-refractivity contribution is 1.00. The van der Waals surface area contributed by atoms with E-state index >= 15 is 0 Å². The molecule has 0 amide bonds. The van der Waals surface area contributed by atoms with Gasteiger partial charge in [-0.05, 0) is 30.3 Å². The molecule has 5 heteroatoms. The fraction of sp³-hybridized carbons (Fsp3) is 0.0625. The summed E-state index contributed by atoms with van der Waals surface area (Å²) in [7, 11) is 0. The highest BCUT2D eigenvalue weighted by Crippen LogP contribution is 2.29. The monoisotopic (exact) mass is 317 g/mol. The van der Waals surface area contributed by atoms with Gasteiger partial charge in [0.25, 0.3) is 0 Å². The molecule has 0 atom stereocenters. The number of rotatable bonds is 4. The summed E-state index contributed by atoms with van der Waals surface area (Å²) in [6.07, 6.45) is 1.77. The lowest BCUT2D eigenvalue weighted by Crippen LogP contribution is -2.00. The molecule has 0 radical (unpaired) electrons. The van der Waals surface area contributed by atoms with Gasteiger partial charge in [-0.1, -0.05) is 41.4 Å². The first-order chi connectivity index (χ1) is 10.2. The van der Waals surface area contributed by atoms with Gasteiger partial charge in [0.15, 0.2) is 0 Å². The van der Waals surface area contributed by atoms with Crippen LogP contribution in [0.4, 0.5) is 5.69 Å². The third-order valence-electron chi connectivity index (χ3n) is 3.08. The van der Waals surface area contributed by atoms with Gasteiger partial charge < -0.3 is 10.3 Å². The zero-order valence-electron chi connectivity index (χ0n) is 11.1. The summed E-state index contributed by atoms with van der Waals surface area (Å²) in [5.74, 6) is 0.847. The quantitative estimate of drug-likeness (QED) is 0.711. The standard InChI is InChI=1S/C16H13Cl2N3/c17-11-6-7-13(14(18)8-11)15-9-20-16(21-15)10-19-12-4-2-1-3-5-12/h1-9,19H,10H2,(H,20,21). The summed E-state index contributed by atoms with van der Waals surface area (Å²) < 4.78 is 0. The van der Waals surface area contributed by atoms with E-state index in [4.69, 9.17) is 23.2 Å². The molecule has 0 saturated heterocycles. The zero-order chi connectivity index (χ0) is 14.7. The van der Waals surface area contributed by atoms with Gasteiger partial charge in [-0.2, -0.15) is 0 Å². The number of nitrogens with one attached hydrogen (secondary N) is 2. The first-order valence-corrected chi connectivity index (χ1v) is 7.26. The third kappa shape index (κ3) is 3.38. The Bertz CT molecular complexity index is 738. The van der Waals surface area contributed by atoms with Gasteiger partial charge >= 0.3 is 0 Å². The van der Waals surface area contributed by atoms with Crippen LogP contribution in [0.2, 0.25) is 10.0 Å². The average molecular weight is 318 g/mol. The van der Waals surface area contributed by atoms with Crippen molar-refractivity contribution in [2.75, 3.05) is 5.32 Å². The van der Waals surface area contributed by atoms with Crippen LogP contribution in [0.15, 0.2) is 54.7 Å². The summed E-state index contributed by atoms with van der Waals surface area (Å²) in [4.78, 5) is 7.62. The van der Waals surface area contributed by atoms with Crippen LogP contribution in [0.3, 0.4) is 0 Å². The van der Waals surface area contributed by atoms with Crippen LogP contribution < -0.4 is 5.32 Å². The number of H-pyrrole nitrogens is 1. The molecule has 0 bridgehead atoms. The normalized spacial score (nSPS) is 10.6. The summed E-state index contributed by atoms with van der Waals surface area (Å²) in [5, 5.41) is 4.53. The van der Waals surface area contributed by atoms with E-state index in [0.717, 1.165) is 22.8 Å². The van der Waals surface area contributed by atoms with Crippen LogP contribution in [-0.2, 0) is 6.54 Å².